The summed E-state index contributed by atoms with van der Waals surface area (Å²) >= 11 is 0. The molecule has 0 aromatic rings. The van der Waals surface area contributed by atoms with Crippen molar-refractivity contribution in [2.45, 2.75) is 105 Å². The standard InChI is InChI=1S/C18H32O16.C5H9NO/c19-1-4-7(22)8(23)12(27)17(31-4)34-15-6(3-21)32-18(13(28)10(15)25)33-14-5(2-20)30-16(29)11(26)9(14)24;1-2-5-6-3-4-7-5/h4-29H,1-3H2;2-4H2,1H3/t4-,5-,6-,7-,8+,9-,10-,11-,12-,13-,14?,15?,16+,17+,18+;/m1./s1. The summed E-state index contributed by atoms with van der Waals surface area (Å²) in [5, 5.41) is 109. The quantitative estimate of drug-likeness (QED) is 0.123. The van der Waals surface area contributed by atoms with Crippen molar-refractivity contribution < 1.29 is 84.6 Å². The van der Waals surface area contributed by atoms with Crippen molar-refractivity contribution in [3.8, 4) is 0 Å². The summed E-state index contributed by atoms with van der Waals surface area (Å²) in [5.74, 6) is 0.917. The normalized spacial score (nSPS) is 46.7. The molecule has 4 aliphatic rings. The molecule has 41 heavy (non-hydrogen) atoms. The highest BCUT2D eigenvalue weighted by Crippen LogP contribution is 2.32. The predicted octanol–water partition coefficient (Wildman–Crippen LogP) is -6.75. The fourth-order valence-electron chi connectivity index (χ4n) is 4.65. The van der Waals surface area contributed by atoms with Gasteiger partial charge in [0.1, 0.15) is 79.9 Å². The molecule has 18 heteroatoms. The molecular formula is C23H41NO17. The second kappa shape index (κ2) is 15.5. The van der Waals surface area contributed by atoms with Crippen LogP contribution in [-0.2, 0) is 28.4 Å². The van der Waals surface area contributed by atoms with Gasteiger partial charge in [-0.2, -0.15) is 0 Å². The minimum absolute atomic E-state index is 0.741. The van der Waals surface area contributed by atoms with Gasteiger partial charge in [-0.25, -0.2) is 0 Å². The van der Waals surface area contributed by atoms with Crippen LogP contribution in [0.2, 0.25) is 0 Å². The lowest BCUT2D eigenvalue weighted by atomic mass is 9.96. The van der Waals surface area contributed by atoms with Gasteiger partial charge in [0.2, 0.25) is 0 Å². The smallest absolute Gasteiger partial charge is 0.187 e. The van der Waals surface area contributed by atoms with Gasteiger partial charge in [0.15, 0.2) is 24.8 Å². The van der Waals surface area contributed by atoms with Crippen LogP contribution in [0.1, 0.15) is 13.3 Å². The lowest BCUT2D eigenvalue weighted by Crippen LogP contribution is -2.66. The van der Waals surface area contributed by atoms with Crippen molar-refractivity contribution >= 4 is 5.90 Å². The molecule has 3 fully saturated rings. The molecule has 0 spiro atoms. The molecule has 4 heterocycles. The van der Waals surface area contributed by atoms with Crippen LogP contribution < -0.4 is 0 Å². The van der Waals surface area contributed by atoms with Crippen LogP contribution in [-0.4, -0.2) is 187 Å². The molecular weight excluding hydrogens is 562 g/mol. The minimum Gasteiger partial charge on any atom is -0.479 e. The van der Waals surface area contributed by atoms with Crippen LogP contribution in [0.25, 0.3) is 0 Å². The molecule has 0 aliphatic carbocycles. The third-order valence-electron chi connectivity index (χ3n) is 7.04. The van der Waals surface area contributed by atoms with E-state index in [0.29, 0.717) is 0 Å². The summed E-state index contributed by atoms with van der Waals surface area (Å²) < 4.78 is 31.5. The van der Waals surface area contributed by atoms with E-state index in [-0.39, 0.29) is 0 Å². The van der Waals surface area contributed by atoms with E-state index >= 15 is 0 Å². The van der Waals surface area contributed by atoms with Crippen molar-refractivity contribution in [3.63, 3.8) is 0 Å². The van der Waals surface area contributed by atoms with E-state index < -0.39 is 112 Å². The van der Waals surface area contributed by atoms with E-state index in [1.54, 1.807) is 0 Å². The number of hydrogen-bond donors (Lipinski definition) is 11. The van der Waals surface area contributed by atoms with Gasteiger partial charge in [-0.1, -0.05) is 6.92 Å². The van der Waals surface area contributed by atoms with Crippen LogP contribution in [0, 0.1) is 0 Å². The maximum Gasteiger partial charge on any atom is 0.187 e. The molecule has 15 atom stereocenters. The van der Waals surface area contributed by atoms with Gasteiger partial charge in [0.05, 0.1) is 26.4 Å². The highest BCUT2D eigenvalue weighted by Gasteiger charge is 2.53. The SMILES string of the molecule is CCC1=NCCO1.OC[C@H]1O[C@@H](OC2[C@@H](CO)O[C@H](O)[C@H](O)[C@H]2O)[C@H](O)[C@@H](O)C1O[C@@H]1O[C@H](CO)[C@@H](O)[C@H](O)[C@H]1O. The molecule has 0 bridgehead atoms. The minimum atomic E-state index is -1.91. The second-order valence-electron chi connectivity index (χ2n) is 9.81. The molecule has 0 saturated carbocycles. The summed E-state index contributed by atoms with van der Waals surface area (Å²) in [5.41, 5.74) is 0. The Labute approximate surface area is 234 Å². The van der Waals surface area contributed by atoms with Gasteiger partial charge in [-0.15, -0.1) is 0 Å². The lowest BCUT2D eigenvalue weighted by molar-refractivity contribution is -0.377. The van der Waals surface area contributed by atoms with Gasteiger partial charge in [0, 0.05) is 6.42 Å². The first-order valence-corrected chi connectivity index (χ1v) is 13.2. The first kappa shape index (κ1) is 34.3. The maximum absolute atomic E-state index is 10.6. The molecule has 0 aromatic carbocycles. The summed E-state index contributed by atoms with van der Waals surface area (Å²) in [6, 6.07) is 0. The summed E-state index contributed by atoms with van der Waals surface area (Å²) in [6.45, 7) is 1.38. The van der Waals surface area contributed by atoms with E-state index in [1.165, 1.54) is 0 Å². The maximum atomic E-state index is 10.6. The number of hydrogen-bond acceptors (Lipinski definition) is 18. The average molecular weight is 604 g/mol. The Hall–Kier alpha value is -1.17. The van der Waals surface area contributed by atoms with Crippen LogP contribution in [0.15, 0.2) is 4.99 Å². The first-order valence-electron chi connectivity index (χ1n) is 13.2. The lowest BCUT2D eigenvalue weighted by Gasteiger charge is -2.47. The summed E-state index contributed by atoms with van der Waals surface area (Å²) in [4.78, 5) is 4.05. The molecule has 3 saturated heterocycles. The Kier molecular flexibility index (Phi) is 13.0. The Morgan fingerprint density at radius 3 is 1.59 bits per heavy atom. The number of aliphatic imine (C=N–C) groups is 1. The van der Waals surface area contributed by atoms with Crippen LogP contribution in [0.5, 0.6) is 0 Å². The second-order valence-corrected chi connectivity index (χ2v) is 9.81. The van der Waals surface area contributed by atoms with E-state index in [0.717, 1.165) is 25.5 Å². The molecule has 4 rings (SSSR count). The van der Waals surface area contributed by atoms with Crippen LogP contribution >= 0.6 is 0 Å². The van der Waals surface area contributed by atoms with E-state index in [2.05, 4.69) is 4.99 Å². The first-order chi connectivity index (χ1) is 19.5. The van der Waals surface area contributed by atoms with Crippen molar-refractivity contribution in [3.05, 3.63) is 0 Å². The van der Waals surface area contributed by atoms with Crippen molar-refractivity contribution in [1.82, 2.24) is 0 Å². The fraction of sp³-hybridized carbons (Fsp3) is 0.957. The number of aliphatic hydroxyl groups excluding tert-OH is 11. The molecule has 240 valence electrons. The van der Waals surface area contributed by atoms with Gasteiger partial charge in [-0.05, 0) is 0 Å². The number of rotatable bonds is 8. The van der Waals surface area contributed by atoms with Gasteiger partial charge in [-0.3, -0.25) is 4.99 Å². The van der Waals surface area contributed by atoms with Gasteiger partial charge >= 0.3 is 0 Å². The van der Waals surface area contributed by atoms with Crippen molar-refractivity contribution in [1.29, 1.82) is 0 Å². The molecule has 0 amide bonds. The molecule has 4 aliphatic heterocycles. The molecule has 0 radical (unpaired) electrons. The summed E-state index contributed by atoms with van der Waals surface area (Å²) in [6.07, 6.45) is -24.2. The summed E-state index contributed by atoms with van der Waals surface area (Å²) in [7, 11) is 0. The van der Waals surface area contributed by atoms with E-state index in [4.69, 9.17) is 28.4 Å². The van der Waals surface area contributed by atoms with Gasteiger partial charge < -0.3 is 84.6 Å². The predicted molar refractivity (Wildman–Crippen MR) is 130 cm³/mol. The molecule has 0 aromatic heterocycles. The Balaban J connectivity index is 0.000000575. The highest BCUT2D eigenvalue weighted by atomic mass is 16.8. The Morgan fingerprint density at radius 2 is 1.12 bits per heavy atom. The third-order valence-corrected chi connectivity index (χ3v) is 7.04. The zero-order chi connectivity index (χ0) is 30.4. The van der Waals surface area contributed by atoms with Crippen molar-refractivity contribution in [2.75, 3.05) is 33.0 Å². The van der Waals surface area contributed by atoms with Crippen LogP contribution in [0.4, 0.5) is 0 Å². The largest absolute Gasteiger partial charge is 0.479 e. The monoisotopic (exact) mass is 603 g/mol. The number of ether oxygens (including phenoxy) is 6. The number of nitrogens with zero attached hydrogens (tertiary/aromatic N) is 1. The molecule has 11 N–H and O–H groups in total. The fourth-order valence-corrected chi connectivity index (χ4v) is 4.65. The third kappa shape index (κ3) is 7.87. The zero-order valence-electron chi connectivity index (χ0n) is 22.2. The number of aliphatic hydroxyl groups is 11. The molecule has 18 nitrogen and oxygen atoms in total. The zero-order valence-corrected chi connectivity index (χ0v) is 22.2. The average Bonchev–Trinajstić information content (AvgIpc) is 3.51. The Morgan fingerprint density at radius 1 is 0.634 bits per heavy atom. The van der Waals surface area contributed by atoms with E-state index in [9.17, 15) is 56.2 Å². The van der Waals surface area contributed by atoms with Crippen molar-refractivity contribution in [2.24, 2.45) is 4.99 Å². The highest BCUT2D eigenvalue weighted by molar-refractivity contribution is 5.76. The van der Waals surface area contributed by atoms with Crippen LogP contribution in [0.3, 0.4) is 0 Å². The Bertz CT molecular complexity index is 817. The van der Waals surface area contributed by atoms with Gasteiger partial charge in [0.25, 0.3) is 0 Å². The van der Waals surface area contributed by atoms with E-state index in [1.807, 2.05) is 6.92 Å². The molecule has 2 unspecified atom stereocenters. The topological polar surface area (TPSA) is 290 Å².